The van der Waals surface area contributed by atoms with Crippen molar-refractivity contribution < 1.29 is 13.5 Å². The van der Waals surface area contributed by atoms with Crippen LogP contribution in [0, 0.1) is 0 Å². The number of aliphatic hydroxyl groups is 1. The lowest BCUT2D eigenvalue weighted by Gasteiger charge is -2.14. The Morgan fingerprint density at radius 3 is 2.84 bits per heavy atom. The van der Waals surface area contributed by atoms with Crippen LogP contribution in [-0.2, 0) is 23.0 Å². The smallest absolute Gasteiger partial charge is 0.252 e. The van der Waals surface area contributed by atoms with Crippen molar-refractivity contribution in [1.82, 2.24) is 9.29 Å². The summed E-state index contributed by atoms with van der Waals surface area (Å²) in [5, 5.41) is 10.7. The molecule has 0 fully saturated rings. The molecule has 19 heavy (non-hydrogen) atoms. The maximum absolute atomic E-state index is 12.3. The monoisotopic (exact) mass is 318 g/mol. The Morgan fingerprint density at radius 2 is 2.21 bits per heavy atom. The molecule has 0 saturated heterocycles. The second-order valence-corrected chi connectivity index (χ2v) is 8.09. The summed E-state index contributed by atoms with van der Waals surface area (Å²) in [5.41, 5.74) is 2.42. The number of rotatable bonds is 6. The van der Waals surface area contributed by atoms with Crippen LogP contribution in [0.1, 0.15) is 10.6 Å². The minimum absolute atomic E-state index is 0.0225. The number of hydrogen-bond acceptors (Lipinski definition) is 6. The molecule has 0 aliphatic heterocycles. The van der Waals surface area contributed by atoms with Gasteiger partial charge in [0, 0.05) is 30.3 Å². The first-order chi connectivity index (χ1) is 9.04. The van der Waals surface area contributed by atoms with Crippen molar-refractivity contribution in [3.63, 3.8) is 0 Å². The van der Waals surface area contributed by atoms with Gasteiger partial charge in [-0.2, -0.15) is 4.31 Å². The summed E-state index contributed by atoms with van der Waals surface area (Å²) in [6.07, 6.45) is 0.482. The normalized spacial score (nSPS) is 12.2. The summed E-state index contributed by atoms with van der Waals surface area (Å²) >= 11 is 2.64. The lowest BCUT2D eigenvalue weighted by molar-refractivity contribution is 0.300. The molecule has 0 aliphatic carbocycles. The van der Waals surface area contributed by atoms with E-state index < -0.39 is 10.0 Å². The Hall–Kier alpha value is -0.800. The minimum atomic E-state index is -3.48. The van der Waals surface area contributed by atoms with Crippen molar-refractivity contribution in [1.29, 1.82) is 0 Å². The Labute approximate surface area is 120 Å². The number of sulfonamides is 1. The van der Waals surface area contributed by atoms with Crippen LogP contribution in [0.4, 0.5) is 0 Å². The molecule has 0 aliphatic rings. The number of aromatic nitrogens is 1. The first kappa shape index (κ1) is 14.6. The van der Waals surface area contributed by atoms with Crippen LogP contribution in [0.2, 0.25) is 0 Å². The third-order valence-corrected chi connectivity index (χ3v) is 6.58. The summed E-state index contributed by atoms with van der Waals surface area (Å²) in [4.78, 5) is 4.94. The molecule has 0 amide bonds. The fourth-order valence-corrected chi connectivity index (χ4v) is 4.77. The van der Waals surface area contributed by atoms with Gasteiger partial charge in [-0.05, 0) is 12.1 Å². The minimum Gasteiger partial charge on any atom is -0.396 e. The van der Waals surface area contributed by atoms with Gasteiger partial charge in [-0.3, -0.25) is 0 Å². The highest BCUT2D eigenvalue weighted by Crippen LogP contribution is 2.25. The lowest BCUT2D eigenvalue weighted by atomic mass is 10.4. The number of thiazole rings is 1. The first-order valence-corrected chi connectivity index (χ1v) is 8.77. The van der Waals surface area contributed by atoms with Gasteiger partial charge in [-0.15, -0.1) is 22.7 Å². The molecule has 2 heterocycles. The van der Waals surface area contributed by atoms with E-state index in [1.807, 2.05) is 5.38 Å². The van der Waals surface area contributed by atoms with Gasteiger partial charge in [0.25, 0.3) is 10.0 Å². The number of aliphatic hydroxyl groups excluding tert-OH is 1. The van der Waals surface area contributed by atoms with E-state index in [-0.39, 0.29) is 13.2 Å². The highest BCUT2D eigenvalue weighted by atomic mass is 32.2. The van der Waals surface area contributed by atoms with Crippen LogP contribution in [0.3, 0.4) is 0 Å². The summed E-state index contributed by atoms with van der Waals surface area (Å²) < 4.78 is 26.2. The van der Waals surface area contributed by atoms with Gasteiger partial charge in [0.1, 0.15) is 4.21 Å². The van der Waals surface area contributed by atoms with Crippen LogP contribution < -0.4 is 0 Å². The van der Waals surface area contributed by atoms with E-state index in [4.69, 9.17) is 5.11 Å². The maximum Gasteiger partial charge on any atom is 0.252 e. The highest BCUT2D eigenvalue weighted by Gasteiger charge is 2.23. The molecule has 2 rings (SSSR count). The van der Waals surface area contributed by atoms with Crippen molar-refractivity contribution in [2.24, 2.45) is 0 Å². The summed E-state index contributed by atoms with van der Waals surface area (Å²) in [5.74, 6) is 0. The molecule has 0 atom stereocenters. The Kier molecular flexibility index (Phi) is 4.69. The van der Waals surface area contributed by atoms with E-state index in [0.717, 1.165) is 10.6 Å². The molecule has 8 heteroatoms. The molecule has 0 bridgehead atoms. The van der Waals surface area contributed by atoms with Crippen LogP contribution in [0.15, 0.2) is 27.2 Å². The highest BCUT2D eigenvalue weighted by molar-refractivity contribution is 7.91. The fraction of sp³-hybridized carbons (Fsp3) is 0.364. The number of thiophene rings is 1. The maximum atomic E-state index is 12.3. The van der Waals surface area contributed by atoms with E-state index in [9.17, 15) is 8.42 Å². The van der Waals surface area contributed by atoms with Gasteiger partial charge in [0.2, 0.25) is 0 Å². The second-order valence-electron chi connectivity index (χ2n) is 3.94. The van der Waals surface area contributed by atoms with Crippen molar-refractivity contribution in [3.8, 4) is 0 Å². The Morgan fingerprint density at radius 1 is 1.42 bits per heavy atom. The molecular formula is C11H14N2O3S3. The van der Waals surface area contributed by atoms with Crippen molar-refractivity contribution in [3.05, 3.63) is 33.6 Å². The molecule has 5 nitrogen and oxygen atoms in total. The average Bonchev–Trinajstić information content (AvgIpc) is 3.00. The van der Waals surface area contributed by atoms with Gasteiger partial charge in [-0.25, -0.2) is 13.4 Å². The second kappa shape index (κ2) is 6.10. The molecule has 1 N–H and O–H groups in total. The molecule has 2 aromatic heterocycles. The fourth-order valence-electron chi connectivity index (χ4n) is 1.52. The van der Waals surface area contributed by atoms with E-state index in [0.29, 0.717) is 10.6 Å². The zero-order valence-electron chi connectivity index (χ0n) is 10.3. The van der Waals surface area contributed by atoms with E-state index in [1.54, 1.807) is 24.7 Å². The lowest BCUT2D eigenvalue weighted by Crippen LogP contribution is -2.25. The zero-order chi connectivity index (χ0) is 13.9. The Bertz CT molecular complexity index is 619. The average molecular weight is 318 g/mol. The molecule has 2 aromatic rings. The van der Waals surface area contributed by atoms with Gasteiger partial charge < -0.3 is 5.11 Å². The van der Waals surface area contributed by atoms with Crippen molar-refractivity contribution >= 4 is 32.7 Å². The zero-order valence-corrected chi connectivity index (χ0v) is 12.8. The predicted octanol–water partition coefficient (Wildman–Crippen LogP) is 1.56. The standard InChI is InChI=1S/C11H14N2O3S3/c1-13(6-9-7-17-8-12-9)19(15,16)11-3-2-10(18-11)4-5-14/h2-3,7-8,14H,4-6H2,1H3. The third kappa shape index (κ3) is 3.40. The van der Waals surface area contributed by atoms with E-state index >= 15 is 0 Å². The molecule has 0 spiro atoms. The summed E-state index contributed by atoms with van der Waals surface area (Å²) in [6.45, 7) is 0.285. The number of hydrogen-bond donors (Lipinski definition) is 1. The van der Waals surface area contributed by atoms with Gasteiger partial charge >= 0.3 is 0 Å². The topological polar surface area (TPSA) is 70.5 Å². The van der Waals surface area contributed by atoms with Gasteiger partial charge in [-0.1, -0.05) is 0 Å². The molecule has 104 valence electrons. The van der Waals surface area contributed by atoms with Crippen LogP contribution in [-0.4, -0.2) is 36.5 Å². The quantitative estimate of drug-likeness (QED) is 0.877. The van der Waals surface area contributed by atoms with Crippen LogP contribution in [0.5, 0.6) is 0 Å². The molecule has 0 radical (unpaired) electrons. The first-order valence-electron chi connectivity index (χ1n) is 5.57. The van der Waals surface area contributed by atoms with Crippen molar-refractivity contribution in [2.75, 3.05) is 13.7 Å². The van der Waals surface area contributed by atoms with Gasteiger partial charge in [0.05, 0.1) is 17.7 Å². The Balaban J connectivity index is 2.16. The SMILES string of the molecule is CN(Cc1cscn1)S(=O)(=O)c1ccc(CCO)s1. The van der Waals surface area contributed by atoms with Crippen LogP contribution in [0.25, 0.3) is 0 Å². The van der Waals surface area contributed by atoms with E-state index in [2.05, 4.69) is 4.98 Å². The largest absolute Gasteiger partial charge is 0.396 e. The van der Waals surface area contributed by atoms with Gasteiger partial charge in [0.15, 0.2) is 0 Å². The molecule has 0 unspecified atom stereocenters. The molecule has 0 aromatic carbocycles. The predicted molar refractivity (Wildman–Crippen MR) is 75.9 cm³/mol. The molecular weight excluding hydrogens is 304 g/mol. The summed E-state index contributed by atoms with van der Waals surface area (Å²) in [6, 6.07) is 3.33. The third-order valence-electron chi connectivity index (χ3n) is 2.53. The van der Waals surface area contributed by atoms with Crippen LogP contribution >= 0.6 is 22.7 Å². The molecule has 0 saturated carbocycles. The summed E-state index contributed by atoms with van der Waals surface area (Å²) in [7, 11) is -1.94. The van der Waals surface area contributed by atoms with Crippen molar-refractivity contribution in [2.45, 2.75) is 17.2 Å². The number of nitrogens with zero attached hydrogens (tertiary/aromatic N) is 2. The van der Waals surface area contributed by atoms with E-state index in [1.165, 1.54) is 27.0 Å².